The van der Waals surface area contributed by atoms with Crippen molar-refractivity contribution in [1.29, 1.82) is 0 Å². The molecule has 0 aromatic carbocycles. The third-order valence-electron chi connectivity index (χ3n) is 2.64. The Morgan fingerprint density at radius 3 is 2.52 bits per heavy atom. The van der Waals surface area contributed by atoms with E-state index in [1.54, 1.807) is 0 Å². The number of nitrogens with one attached hydrogen (secondary N) is 1. The Morgan fingerprint density at radius 2 is 1.95 bits per heavy atom. The van der Waals surface area contributed by atoms with Crippen molar-refractivity contribution in [3.8, 4) is 0 Å². The summed E-state index contributed by atoms with van der Waals surface area (Å²) in [5.74, 6) is -1.52. The van der Waals surface area contributed by atoms with Crippen LogP contribution in [0.25, 0.3) is 0 Å². The van der Waals surface area contributed by atoms with Crippen LogP contribution in [0.3, 0.4) is 0 Å². The molecule has 118 valence electrons. The second kappa shape index (κ2) is 7.23. The Hall–Kier alpha value is -1.87. The highest BCUT2D eigenvalue weighted by Gasteiger charge is 2.23. The van der Waals surface area contributed by atoms with Crippen molar-refractivity contribution in [2.24, 2.45) is 0 Å². The van der Waals surface area contributed by atoms with Crippen LogP contribution in [0.4, 0.5) is 0 Å². The van der Waals surface area contributed by atoms with Gasteiger partial charge in [-0.3, -0.25) is 9.59 Å². The van der Waals surface area contributed by atoms with Crippen molar-refractivity contribution >= 4 is 21.9 Å². The summed E-state index contributed by atoms with van der Waals surface area (Å²) in [6.45, 7) is 0.294. The molecule has 0 fully saturated rings. The zero-order valence-corrected chi connectivity index (χ0v) is 12.6. The average molecular weight is 318 g/mol. The summed E-state index contributed by atoms with van der Waals surface area (Å²) >= 11 is 0. The zero-order chi connectivity index (χ0) is 16.0. The van der Waals surface area contributed by atoms with Crippen molar-refractivity contribution < 1.29 is 27.5 Å². The standard InChI is InChI=1S/C12H18N2O6S/c1-14(2)21(18,19)11-7-6-9(20-11)12(17)13-8-4-3-5-10(15)16/h6-7H,3-5,8H2,1-2H3,(H,13,17)(H,15,16). The number of aliphatic carboxylic acids is 1. The summed E-state index contributed by atoms with van der Waals surface area (Å²) in [7, 11) is -0.985. The minimum Gasteiger partial charge on any atom is -0.481 e. The minimum atomic E-state index is -3.71. The lowest BCUT2D eigenvalue weighted by atomic mass is 10.2. The molecule has 1 amide bonds. The first-order chi connectivity index (χ1) is 9.75. The van der Waals surface area contributed by atoms with Gasteiger partial charge in [0, 0.05) is 27.1 Å². The van der Waals surface area contributed by atoms with E-state index in [1.165, 1.54) is 26.2 Å². The summed E-state index contributed by atoms with van der Waals surface area (Å²) in [4.78, 5) is 22.0. The van der Waals surface area contributed by atoms with Crippen LogP contribution >= 0.6 is 0 Å². The number of carboxylic acid groups (broad SMARTS) is 1. The molecule has 0 aliphatic rings. The van der Waals surface area contributed by atoms with Crippen LogP contribution in [0.15, 0.2) is 21.6 Å². The summed E-state index contributed by atoms with van der Waals surface area (Å²) in [5, 5.41) is 10.7. The number of carbonyl (C=O) groups excluding carboxylic acids is 1. The van der Waals surface area contributed by atoms with E-state index >= 15 is 0 Å². The van der Waals surface area contributed by atoms with E-state index in [0.717, 1.165) is 4.31 Å². The Morgan fingerprint density at radius 1 is 1.29 bits per heavy atom. The van der Waals surface area contributed by atoms with Crippen molar-refractivity contribution in [1.82, 2.24) is 9.62 Å². The third kappa shape index (κ3) is 4.87. The first-order valence-electron chi connectivity index (χ1n) is 6.27. The summed E-state index contributed by atoms with van der Waals surface area (Å²) in [6, 6.07) is 2.50. The summed E-state index contributed by atoms with van der Waals surface area (Å²) in [5.41, 5.74) is 0. The molecule has 9 heteroatoms. The molecule has 8 nitrogen and oxygen atoms in total. The Kier molecular flexibility index (Phi) is 5.91. The number of carboxylic acids is 1. The van der Waals surface area contributed by atoms with E-state index < -0.39 is 21.9 Å². The lowest BCUT2D eigenvalue weighted by Crippen LogP contribution is -2.24. The molecule has 0 saturated heterocycles. The fourth-order valence-electron chi connectivity index (χ4n) is 1.45. The van der Waals surface area contributed by atoms with Gasteiger partial charge in [-0.1, -0.05) is 0 Å². The SMILES string of the molecule is CN(C)S(=O)(=O)c1ccc(C(=O)NCCCCC(=O)O)o1. The van der Waals surface area contributed by atoms with Gasteiger partial charge in [0.05, 0.1) is 0 Å². The van der Waals surface area contributed by atoms with Gasteiger partial charge in [0.25, 0.3) is 15.9 Å². The molecule has 1 aromatic rings. The van der Waals surface area contributed by atoms with Gasteiger partial charge in [-0.2, -0.15) is 0 Å². The van der Waals surface area contributed by atoms with Crippen molar-refractivity contribution in [2.75, 3.05) is 20.6 Å². The van der Waals surface area contributed by atoms with Crippen molar-refractivity contribution in [3.05, 3.63) is 17.9 Å². The second-order valence-electron chi connectivity index (χ2n) is 4.51. The van der Waals surface area contributed by atoms with Gasteiger partial charge in [0.1, 0.15) is 0 Å². The molecular weight excluding hydrogens is 300 g/mol. The Balaban J connectivity index is 2.53. The number of unbranched alkanes of at least 4 members (excludes halogenated alkanes) is 1. The molecular formula is C12H18N2O6S. The average Bonchev–Trinajstić information content (AvgIpc) is 2.87. The zero-order valence-electron chi connectivity index (χ0n) is 11.8. The molecule has 0 unspecified atom stereocenters. The Bertz CT molecular complexity index is 605. The van der Waals surface area contributed by atoms with Crippen LogP contribution in [0, 0.1) is 0 Å². The van der Waals surface area contributed by atoms with E-state index in [-0.39, 0.29) is 17.3 Å². The van der Waals surface area contributed by atoms with Crippen LogP contribution in [0.2, 0.25) is 0 Å². The summed E-state index contributed by atoms with van der Waals surface area (Å²) in [6.07, 6.45) is 1.01. The molecule has 1 aromatic heterocycles. The number of hydrogen-bond acceptors (Lipinski definition) is 5. The molecule has 0 aliphatic heterocycles. The smallest absolute Gasteiger partial charge is 0.303 e. The lowest BCUT2D eigenvalue weighted by Gasteiger charge is -2.07. The van der Waals surface area contributed by atoms with Gasteiger partial charge in [0.2, 0.25) is 5.09 Å². The molecule has 21 heavy (non-hydrogen) atoms. The molecule has 0 atom stereocenters. The Labute approximate surface area is 122 Å². The van der Waals surface area contributed by atoms with Crippen LogP contribution in [0.5, 0.6) is 0 Å². The van der Waals surface area contributed by atoms with Crippen LogP contribution in [-0.4, -0.2) is 50.3 Å². The number of hydrogen-bond donors (Lipinski definition) is 2. The highest BCUT2D eigenvalue weighted by Crippen LogP contribution is 2.16. The largest absolute Gasteiger partial charge is 0.481 e. The normalized spacial score (nSPS) is 11.6. The number of nitrogens with zero attached hydrogens (tertiary/aromatic N) is 1. The van der Waals surface area contributed by atoms with Gasteiger partial charge in [0.15, 0.2) is 5.76 Å². The van der Waals surface area contributed by atoms with Gasteiger partial charge < -0.3 is 14.8 Å². The van der Waals surface area contributed by atoms with Crippen molar-refractivity contribution in [2.45, 2.75) is 24.4 Å². The van der Waals surface area contributed by atoms with E-state index in [4.69, 9.17) is 9.52 Å². The van der Waals surface area contributed by atoms with Gasteiger partial charge in [-0.15, -0.1) is 0 Å². The number of sulfonamides is 1. The maximum Gasteiger partial charge on any atom is 0.303 e. The molecule has 1 rings (SSSR count). The van der Waals surface area contributed by atoms with Gasteiger partial charge in [-0.05, 0) is 25.0 Å². The lowest BCUT2D eigenvalue weighted by molar-refractivity contribution is -0.137. The van der Waals surface area contributed by atoms with Crippen LogP contribution in [0.1, 0.15) is 29.8 Å². The topological polar surface area (TPSA) is 117 Å². The second-order valence-corrected chi connectivity index (χ2v) is 6.60. The molecule has 0 spiro atoms. The maximum atomic E-state index is 11.8. The predicted molar refractivity (Wildman–Crippen MR) is 73.4 cm³/mol. The van der Waals surface area contributed by atoms with E-state index in [1.807, 2.05) is 0 Å². The third-order valence-corrected chi connectivity index (χ3v) is 4.33. The molecule has 2 N–H and O–H groups in total. The first-order valence-corrected chi connectivity index (χ1v) is 7.71. The number of carbonyl (C=O) groups is 2. The number of amides is 1. The maximum absolute atomic E-state index is 11.8. The van der Waals surface area contributed by atoms with E-state index in [0.29, 0.717) is 19.4 Å². The van der Waals surface area contributed by atoms with E-state index in [2.05, 4.69) is 5.32 Å². The predicted octanol–water partition coefficient (Wildman–Crippen LogP) is 0.515. The number of rotatable bonds is 8. The minimum absolute atomic E-state index is 0.0435. The molecule has 0 bridgehead atoms. The van der Waals surface area contributed by atoms with Crippen LogP contribution < -0.4 is 5.32 Å². The fourth-order valence-corrected chi connectivity index (χ4v) is 2.25. The molecule has 0 aliphatic carbocycles. The number of furan rings is 1. The highest BCUT2D eigenvalue weighted by atomic mass is 32.2. The molecule has 1 heterocycles. The fraction of sp³-hybridized carbons (Fsp3) is 0.500. The van der Waals surface area contributed by atoms with Gasteiger partial charge >= 0.3 is 5.97 Å². The highest BCUT2D eigenvalue weighted by molar-refractivity contribution is 7.88. The molecule has 0 radical (unpaired) electrons. The quantitative estimate of drug-likeness (QED) is 0.675. The summed E-state index contributed by atoms with van der Waals surface area (Å²) < 4.78 is 29.6. The molecule has 0 saturated carbocycles. The van der Waals surface area contributed by atoms with E-state index in [9.17, 15) is 18.0 Å². The first kappa shape index (κ1) is 17.2. The monoisotopic (exact) mass is 318 g/mol. The van der Waals surface area contributed by atoms with Gasteiger partial charge in [-0.25, -0.2) is 12.7 Å². The van der Waals surface area contributed by atoms with Crippen molar-refractivity contribution in [3.63, 3.8) is 0 Å². The van der Waals surface area contributed by atoms with Crippen LogP contribution in [-0.2, 0) is 14.8 Å².